The second kappa shape index (κ2) is 8.17. The molecule has 1 aliphatic heterocycles. The number of nitrogens with zero attached hydrogens (tertiary/aromatic N) is 3. The molecule has 33 heavy (non-hydrogen) atoms. The van der Waals surface area contributed by atoms with Gasteiger partial charge in [-0.15, -0.1) is 11.3 Å². The van der Waals surface area contributed by atoms with Crippen molar-refractivity contribution in [2.24, 2.45) is 23.2 Å². The molecule has 0 amide bonds. The quantitative estimate of drug-likeness (QED) is 0.638. The fourth-order valence-electron chi connectivity index (χ4n) is 8.40. The van der Waals surface area contributed by atoms with Crippen molar-refractivity contribution in [3.05, 3.63) is 16.3 Å². The van der Waals surface area contributed by atoms with Crippen LogP contribution in [0.1, 0.15) is 74.6 Å². The molecule has 4 saturated carbocycles. The van der Waals surface area contributed by atoms with Gasteiger partial charge in [0, 0.05) is 24.0 Å². The van der Waals surface area contributed by atoms with Gasteiger partial charge in [0.05, 0.1) is 25.1 Å². The normalized spacial score (nSPS) is 34.5. The number of aryl methyl sites for hydroxylation is 2. The first kappa shape index (κ1) is 21.1. The van der Waals surface area contributed by atoms with Crippen LogP contribution >= 0.6 is 11.3 Å². The lowest BCUT2D eigenvalue weighted by molar-refractivity contribution is -0.0602. The predicted molar refractivity (Wildman–Crippen MR) is 134 cm³/mol. The maximum atomic E-state index is 5.56. The first-order chi connectivity index (χ1) is 16.1. The van der Waals surface area contributed by atoms with Crippen molar-refractivity contribution >= 4 is 27.4 Å². The lowest BCUT2D eigenvalue weighted by Crippen LogP contribution is -2.53. The summed E-state index contributed by atoms with van der Waals surface area (Å²) in [5.74, 6) is 5.08. The van der Waals surface area contributed by atoms with E-state index in [0.717, 1.165) is 62.2 Å². The van der Waals surface area contributed by atoms with E-state index in [1.807, 2.05) is 11.3 Å². The van der Waals surface area contributed by atoms with E-state index in [9.17, 15) is 0 Å². The summed E-state index contributed by atoms with van der Waals surface area (Å²) in [5, 5.41) is 5.43. The Labute approximate surface area is 201 Å². The highest BCUT2D eigenvalue weighted by Gasteiger charge is 2.53. The third-order valence-corrected chi connectivity index (χ3v) is 10.9. The van der Waals surface area contributed by atoms with Crippen LogP contribution in [0.5, 0.6) is 0 Å². The third kappa shape index (κ3) is 3.71. The third-order valence-electron chi connectivity index (χ3n) is 9.69. The highest BCUT2D eigenvalue weighted by atomic mass is 32.1. The van der Waals surface area contributed by atoms with E-state index < -0.39 is 0 Å². The molecule has 3 heterocycles. The summed E-state index contributed by atoms with van der Waals surface area (Å²) in [6.45, 7) is 6.92. The molecule has 5 nitrogen and oxygen atoms in total. The highest BCUT2D eigenvalue weighted by Crippen LogP contribution is 2.61. The molecule has 1 atom stereocenters. The highest BCUT2D eigenvalue weighted by molar-refractivity contribution is 7.19. The van der Waals surface area contributed by atoms with Crippen LogP contribution in [0.4, 0.5) is 5.82 Å². The van der Waals surface area contributed by atoms with Crippen molar-refractivity contribution in [3.8, 4) is 0 Å². The van der Waals surface area contributed by atoms with E-state index in [1.54, 1.807) is 10.4 Å². The van der Waals surface area contributed by atoms with Crippen LogP contribution in [-0.4, -0.2) is 47.2 Å². The van der Waals surface area contributed by atoms with Crippen molar-refractivity contribution in [2.45, 2.75) is 83.7 Å². The minimum absolute atomic E-state index is 0.479. The maximum Gasteiger partial charge on any atom is 0.146 e. The Morgan fingerprint density at radius 3 is 2.45 bits per heavy atom. The monoisotopic (exact) mass is 466 g/mol. The van der Waals surface area contributed by atoms with E-state index in [0.29, 0.717) is 11.5 Å². The van der Waals surface area contributed by atoms with Crippen molar-refractivity contribution in [3.63, 3.8) is 0 Å². The maximum absolute atomic E-state index is 5.56. The lowest BCUT2D eigenvalue weighted by atomic mass is 9.48. The molecule has 2 aromatic rings. The van der Waals surface area contributed by atoms with Gasteiger partial charge in [-0.05, 0) is 99.9 Å². The number of hydrogen-bond donors (Lipinski definition) is 1. The molecular formula is C27H38N4OS. The average molecular weight is 467 g/mol. The molecule has 5 fully saturated rings. The van der Waals surface area contributed by atoms with Gasteiger partial charge in [-0.2, -0.15) is 0 Å². The van der Waals surface area contributed by atoms with Crippen LogP contribution in [0.2, 0.25) is 0 Å². The fourth-order valence-corrected chi connectivity index (χ4v) is 9.68. The first-order valence-corrected chi connectivity index (χ1v) is 14.3. The molecule has 6 heteroatoms. The number of fused-ring (bicyclic) bond motifs is 3. The van der Waals surface area contributed by atoms with E-state index in [4.69, 9.17) is 14.7 Å². The smallest absolute Gasteiger partial charge is 0.146 e. The Morgan fingerprint density at radius 1 is 1.03 bits per heavy atom. The summed E-state index contributed by atoms with van der Waals surface area (Å²) in [6.07, 6.45) is 13.9. The van der Waals surface area contributed by atoms with Crippen molar-refractivity contribution in [2.75, 3.05) is 31.6 Å². The summed E-state index contributed by atoms with van der Waals surface area (Å²) in [5.41, 5.74) is 2.03. The molecule has 1 N–H and O–H groups in total. The summed E-state index contributed by atoms with van der Waals surface area (Å²) in [4.78, 5) is 15.6. The standard InChI is InChI=1S/C27H38N4OS/c1-17(27-13-18-10-19(14-27)12-20(11-18)15-27)28-25-24-21-4-2-3-5-22(21)33-26(24)30-23(29-25)16-31-6-8-32-9-7-31/h17-20H,2-16H2,1H3,(H,28,29,30). The molecule has 2 aromatic heterocycles. The second-order valence-corrected chi connectivity index (χ2v) is 13.0. The first-order valence-electron chi connectivity index (χ1n) is 13.5. The number of morpholine rings is 1. The number of rotatable bonds is 5. The van der Waals surface area contributed by atoms with Gasteiger partial charge in [0.25, 0.3) is 0 Å². The lowest BCUT2D eigenvalue weighted by Gasteiger charge is -2.59. The number of aromatic nitrogens is 2. The van der Waals surface area contributed by atoms with Gasteiger partial charge >= 0.3 is 0 Å². The fraction of sp³-hybridized carbons (Fsp3) is 0.778. The minimum Gasteiger partial charge on any atom is -0.379 e. The minimum atomic E-state index is 0.479. The zero-order valence-corrected chi connectivity index (χ0v) is 20.9. The number of ether oxygens (including phenoxy) is 1. The van der Waals surface area contributed by atoms with E-state index in [-0.39, 0.29) is 0 Å². The van der Waals surface area contributed by atoms with Crippen molar-refractivity contribution in [1.82, 2.24) is 14.9 Å². The topological polar surface area (TPSA) is 50.3 Å². The molecular weight excluding hydrogens is 428 g/mol. The molecule has 1 saturated heterocycles. The predicted octanol–water partition coefficient (Wildman–Crippen LogP) is 5.42. The molecule has 1 unspecified atom stereocenters. The van der Waals surface area contributed by atoms with E-state index >= 15 is 0 Å². The molecule has 0 aromatic carbocycles. The molecule has 8 rings (SSSR count). The van der Waals surface area contributed by atoms with Gasteiger partial charge in [0.1, 0.15) is 16.5 Å². The zero-order valence-electron chi connectivity index (χ0n) is 20.1. The Balaban J connectivity index is 1.24. The number of hydrogen-bond acceptors (Lipinski definition) is 6. The summed E-state index contributed by atoms with van der Waals surface area (Å²) in [7, 11) is 0. The van der Waals surface area contributed by atoms with Gasteiger partial charge in [0.15, 0.2) is 0 Å². The molecule has 4 bridgehead atoms. The van der Waals surface area contributed by atoms with Crippen LogP contribution in [0.25, 0.3) is 10.2 Å². The number of nitrogens with one attached hydrogen (secondary N) is 1. The van der Waals surface area contributed by atoms with Gasteiger partial charge < -0.3 is 10.1 Å². The second-order valence-electron chi connectivity index (χ2n) is 11.9. The van der Waals surface area contributed by atoms with Gasteiger partial charge in [-0.3, -0.25) is 4.90 Å². The van der Waals surface area contributed by atoms with Gasteiger partial charge in [0.2, 0.25) is 0 Å². The van der Waals surface area contributed by atoms with Crippen LogP contribution in [0.15, 0.2) is 0 Å². The van der Waals surface area contributed by atoms with Crippen LogP contribution in [0, 0.1) is 23.2 Å². The van der Waals surface area contributed by atoms with Crippen LogP contribution in [0.3, 0.4) is 0 Å². The van der Waals surface area contributed by atoms with Crippen molar-refractivity contribution in [1.29, 1.82) is 0 Å². The summed E-state index contributed by atoms with van der Waals surface area (Å²) in [6, 6.07) is 0.486. The molecule has 0 radical (unpaired) electrons. The summed E-state index contributed by atoms with van der Waals surface area (Å²) < 4.78 is 5.56. The Morgan fingerprint density at radius 2 is 1.73 bits per heavy atom. The van der Waals surface area contributed by atoms with E-state index in [1.165, 1.54) is 74.4 Å². The molecule has 6 aliphatic rings. The zero-order chi connectivity index (χ0) is 22.0. The number of anilines is 1. The molecule has 5 aliphatic carbocycles. The number of thiophene rings is 1. The van der Waals surface area contributed by atoms with Crippen molar-refractivity contribution < 1.29 is 4.74 Å². The SMILES string of the molecule is CC(Nc1nc(CN2CCOCC2)nc2sc3c(c12)CCCC3)C12CC3CC(CC(C3)C1)C2. The molecule has 0 spiro atoms. The van der Waals surface area contributed by atoms with E-state index in [2.05, 4.69) is 17.1 Å². The average Bonchev–Trinajstić information content (AvgIpc) is 3.17. The van der Waals surface area contributed by atoms with Crippen LogP contribution in [-0.2, 0) is 24.1 Å². The molecule has 178 valence electrons. The Hall–Kier alpha value is -1.24. The van der Waals surface area contributed by atoms with Gasteiger partial charge in [-0.25, -0.2) is 9.97 Å². The Kier molecular flexibility index (Phi) is 5.22. The van der Waals surface area contributed by atoms with Crippen LogP contribution < -0.4 is 5.32 Å². The van der Waals surface area contributed by atoms with Gasteiger partial charge in [-0.1, -0.05) is 0 Å². The largest absolute Gasteiger partial charge is 0.379 e. The Bertz CT molecular complexity index is 1010. The summed E-state index contributed by atoms with van der Waals surface area (Å²) >= 11 is 1.94.